The summed E-state index contributed by atoms with van der Waals surface area (Å²) in [6.07, 6.45) is 6.72. The van der Waals surface area contributed by atoms with Crippen molar-refractivity contribution in [2.45, 2.75) is 128 Å². The third-order valence-electron chi connectivity index (χ3n) is 9.08. The summed E-state index contributed by atoms with van der Waals surface area (Å²) in [5.74, 6) is 0.385. The highest BCUT2D eigenvalue weighted by atomic mass is 28.4. The van der Waals surface area contributed by atoms with Crippen molar-refractivity contribution in [2.75, 3.05) is 5.73 Å². The fourth-order valence-corrected chi connectivity index (χ4v) is 7.60. The van der Waals surface area contributed by atoms with Gasteiger partial charge in [0.15, 0.2) is 28.1 Å². The average Bonchev–Trinajstić information content (AvgIpc) is 3.39. The topological polar surface area (TPSA) is 97.3 Å². The molecular weight excluding hydrogens is 474 g/mol. The van der Waals surface area contributed by atoms with Gasteiger partial charge in [-0.25, -0.2) is 15.0 Å². The molecule has 1 saturated heterocycles. The van der Waals surface area contributed by atoms with Gasteiger partial charge in [-0.2, -0.15) is 0 Å². The maximum Gasteiger partial charge on any atom is 0.192 e. The Kier molecular flexibility index (Phi) is 6.57. The predicted molar refractivity (Wildman–Crippen MR) is 145 cm³/mol. The van der Waals surface area contributed by atoms with E-state index in [1.54, 1.807) is 6.33 Å². The molecule has 35 heavy (non-hydrogen) atoms. The number of nitrogen functional groups attached to an aromatic ring is 1. The second kappa shape index (κ2) is 8.61. The highest BCUT2D eigenvalue weighted by Gasteiger charge is 2.61. The van der Waals surface area contributed by atoms with Crippen LogP contribution in [0.3, 0.4) is 0 Å². The Hall–Kier alpha value is -1.34. The molecule has 2 aromatic heterocycles. The van der Waals surface area contributed by atoms with Crippen LogP contribution in [0.4, 0.5) is 5.82 Å². The molecular formula is C25H45N5O3Si2. The van der Waals surface area contributed by atoms with Crippen LogP contribution in [0.25, 0.3) is 11.2 Å². The lowest BCUT2D eigenvalue weighted by Crippen LogP contribution is -2.57. The maximum absolute atomic E-state index is 7.15. The first-order valence-corrected chi connectivity index (χ1v) is 18.8. The van der Waals surface area contributed by atoms with Gasteiger partial charge in [-0.15, -0.1) is 0 Å². The van der Waals surface area contributed by atoms with E-state index >= 15 is 0 Å². The molecule has 196 valence electrons. The third kappa shape index (κ3) is 4.61. The quantitative estimate of drug-likeness (QED) is 0.482. The first-order valence-electron chi connectivity index (χ1n) is 12.9. The van der Waals surface area contributed by atoms with Crippen molar-refractivity contribution < 1.29 is 13.6 Å². The minimum Gasteiger partial charge on any atom is -0.411 e. The lowest BCUT2D eigenvalue weighted by atomic mass is 9.93. The Morgan fingerprint density at radius 2 is 1.57 bits per heavy atom. The van der Waals surface area contributed by atoms with Gasteiger partial charge in [-0.1, -0.05) is 41.5 Å². The number of imidazole rings is 1. The number of fused-ring (bicyclic) bond motifs is 1. The number of nitrogens with zero attached hydrogens (tertiary/aromatic N) is 4. The van der Waals surface area contributed by atoms with E-state index in [4.69, 9.17) is 19.3 Å². The largest absolute Gasteiger partial charge is 0.411 e. The Bertz CT molecular complexity index is 1080. The summed E-state index contributed by atoms with van der Waals surface area (Å²) in [6, 6.07) is 0. The molecule has 1 saturated carbocycles. The van der Waals surface area contributed by atoms with Crippen LogP contribution < -0.4 is 5.73 Å². The molecule has 2 fully saturated rings. The summed E-state index contributed by atoms with van der Waals surface area (Å²) in [4.78, 5) is 13.1. The van der Waals surface area contributed by atoms with Crippen LogP contribution in [-0.4, -0.2) is 54.0 Å². The molecule has 0 amide bonds. The molecule has 0 aromatic carbocycles. The average molecular weight is 520 g/mol. The Morgan fingerprint density at radius 1 is 0.971 bits per heavy atom. The van der Waals surface area contributed by atoms with Gasteiger partial charge >= 0.3 is 0 Å². The van der Waals surface area contributed by atoms with Crippen LogP contribution in [0.5, 0.6) is 0 Å². The summed E-state index contributed by atoms with van der Waals surface area (Å²) in [5, 5.41) is 0.226. The van der Waals surface area contributed by atoms with Crippen molar-refractivity contribution in [1.82, 2.24) is 19.5 Å². The summed E-state index contributed by atoms with van der Waals surface area (Å²) in [6.45, 7) is 23.1. The van der Waals surface area contributed by atoms with E-state index in [1.165, 1.54) is 6.33 Å². The second-order valence-corrected chi connectivity index (χ2v) is 23.0. The van der Waals surface area contributed by atoms with Gasteiger partial charge < -0.3 is 19.3 Å². The minimum atomic E-state index is -2.06. The van der Waals surface area contributed by atoms with Gasteiger partial charge in [-0.05, 0) is 55.5 Å². The van der Waals surface area contributed by atoms with Gasteiger partial charge in [0.05, 0.1) is 18.5 Å². The normalized spacial score (nSPS) is 28.5. The van der Waals surface area contributed by atoms with Gasteiger partial charge in [0, 0.05) is 6.42 Å². The van der Waals surface area contributed by atoms with Crippen LogP contribution in [0, 0.1) is 0 Å². The third-order valence-corrected chi connectivity index (χ3v) is 18.1. The highest BCUT2D eigenvalue weighted by Crippen LogP contribution is 2.53. The van der Waals surface area contributed by atoms with Crippen molar-refractivity contribution in [1.29, 1.82) is 0 Å². The van der Waals surface area contributed by atoms with E-state index in [1.807, 2.05) is 4.57 Å². The molecule has 2 aliphatic rings. The molecule has 3 heterocycles. The van der Waals surface area contributed by atoms with E-state index in [9.17, 15) is 0 Å². The molecule has 4 rings (SSSR count). The predicted octanol–water partition coefficient (Wildman–Crippen LogP) is 6.03. The number of ether oxygens (including phenoxy) is 1. The van der Waals surface area contributed by atoms with Crippen LogP contribution in [0.15, 0.2) is 12.7 Å². The van der Waals surface area contributed by atoms with Gasteiger partial charge in [0.25, 0.3) is 0 Å². The molecule has 2 aromatic rings. The molecule has 0 radical (unpaired) electrons. The maximum atomic E-state index is 7.15. The summed E-state index contributed by atoms with van der Waals surface area (Å²) in [7, 11) is -4.07. The van der Waals surface area contributed by atoms with Gasteiger partial charge in [0.1, 0.15) is 23.7 Å². The summed E-state index contributed by atoms with van der Waals surface area (Å²) >= 11 is 0. The number of aromatic nitrogens is 4. The smallest absolute Gasteiger partial charge is 0.192 e. The Labute approximate surface area is 212 Å². The summed E-state index contributed by atoms with van der Waals surface area (Å²) in [5.41, 5.74) is 6.90. The zero-order valence-electron chi connectivity index (χ0n) is 23.3. The van der Waals surface area contributed by atoms with Crippen molar-refractivity contribution >= 4 is 33.6 Å². The number of nitrogens with two attached hydrogens (primary N) is 1. The van der Waals surface area contributed by atoms with Crippen LogP contribution in [0.1, 0.15) is 73.5 Å². The molecule has 0 unspecified atom stereocenters. The second-order valence-electron chi connectivity index (χ2n) is 13.5. The van der Waals surface area contributed by atoms with Crippen molar-refractivity contribution in [3.05, 3.63) is 12.7 Å². The van der Waals surface area contributed by atoms with Gasteiger partial charge in [0.2, 0.25) is 0 Å². The molecule has 1 aliphatic heterocycles. The highest BCUT2D eigenvalue weighted by molar-refractivity contribution is 6.74. The molecule has 0 bridgehead atoms. The Balaban J connectivity index is 1.74. The number of hydrogen-bond acceptors (Lipinski definition) is 7. The number of anilines is 1. The lowest BCUT2D eigenvalue weighted by molar-refractivity contribution is -0.141. The van der Waals surface area contributed by atoms with E-state index in [0.717, 1.165) is 25.7 Å². The van der Waals surface area contributed by atoms with Crippen LogP contribution in [0.2, 0.25) is 36.3 Å². The zero-order chi connectivity index (χ0) is 26.0. The molecule has 1 spiro atoms. The van der Waals surface area contributed by atoms with E-state index in [0.29, 0.717) is 17.0 Å². The molecule has 2 N–H and O–H groups in total. The molecule has 1 aliphatic carbocycles. The SMILES string of the molecule is CC(C)(C)[Si](C)(C)O[C@H]1C[C@H](n2cnc3c(N)ncnc32)O[C@]12CCC[C@H]2O[Si](C)(C)C(C)(C)C. The standard InChI is InChI=1S/C25H45N5O3Si2/c1-23(2,3)34(7,8)32-17-12-11-13-25(17)18(33-35(9,10)24(4,5)6)14-19(31-25)30-16-29-20-21(26)27-15-28-22(20)30/h15-19H,11-14H2,1-10H3,(H2,26,27,28)/t17-,18+,19-,25+/m1/s1. The van der Waals surface area contributed by atoms with E-state index in [-0.39, 0.29) is 28.5 Å². The van der Waals surface area contributed by atoms with Gasteiger partial charge in [-0.3, -0.25) is 4.57 Å². The Morgan fingerprint density at radius 3 is 2.17 bits per heavy atom. The number of hydrogen-bond donors (Lipinski definition) is 1. The molecule has 10 heteroatoms. The molecule has 4 atom stereocenters. The van der Waals surface area contributed by atoms with Crippen LogP contribution in [-0.2, 0) is 13.6 Å². The summed E-state index contributed by atoms with van der Waals surface area (Å²) < 4.78 is 23.3. The van der Waals surface area contributed by atoms with Crippen molar-refractivity contribution in [3.63, 3.8) is 0 Å². The first-order chi connectivity index (χ1) is 16.0. The fourth-order valence-electron chi connectivity index (χ4n) is 4.85. The monoisotopic (exact) mass is 519 g/mol. The van der Waals surface area contributed by atoms with Crippen molar-refractivity contribution in [2.24, 2.45) is 0 Å². The fraction of sp³-hybridized carbons (Fsp3) is 0.800. The number of rotatable bonds is 5. The molecule has 8 nitrogen and oxygen atoms in total. The van der Waals surface area contributed by atoms with E-state index < -0.39 is 22.2 Å². The minimum absolute atomic E-state index is 0.0117. The van der Waals surface area contributed by atoms with Crippen molar-refractivity contribution in [3.8, 4) is 0 Å². The zero-order valence-corrected chi connectivity index (χ0v) is 25.3. The first kappa shape index (κ1) is 26.7. The van der Waals surface area contributed by atoms with E-state index in [2.05, 4.69) is 82.7 Å². The lowest BCUT2D eigenvalue weighted by Gasteiger charge is -2.46. The van der Waals surface area contributed by atoms with Crippen LogP contribution >= 0.6 is 0 Å².